The van der Waals surface area contributed by atoms with Crippen molar-refractivity contribution >= 4 is 33.8 Å². The molecule has 2 unspecified atom stereocenters. The van der Waals surface area contributed by atoms with E-state index in [1.807, 2.05) is 37.9 Å². The lowest BCUT2D eigenvalue weighted by Gasteiger charge is -2.22. The Kier molecular flexibility index (Phi) is 4.83. The number of carbonyl (C=O) groups excluding carboxylic acids is 1. The molecule has 2 atom stereocenters. The molecule has 0 saturated heterocycles. The summed E-state index contributed by atoms with van der Waals surface area (Å²) in [6.45, 7) is 4.57. The van der Waals surface area contributed by atoms with Crippen LogP contribution >= 0.6 is 0 Å². The molecule has 4 aromatic rings. The maximum Gasteiger partial charge on any atom is 0.231 e. The van der Waals surface area contributed by atoms with Gasteiger partial charge in [0.1, 0.15) is 6.17 Å². The number of aromatic amines is 1. The molecular formula is C23H24F2N6O. The molecule has 0 spiro atoms. The van der Waals surface area contributed by atoms with E-state index in [-0.39, 0.29) is 18.1 Å². The number of carbonyl (C=O) groups is 1. The SMILES string of the molecule is CCc1c(F)c(N(C)CC)c2[nH]ncc2c1-c1ccn2nc(NC(=O)C3CC3F)cc2c1. The number of rotatable bonds is 6. The smallest absolute Gasteiger partial charge is 0.231 e. The third-order valence-electron chi connectivity index (χ3n) is 6.18. The summed E-state index contributed by atoms with van der Waals surface area (Å²) in [5.74, 6) is -0.830. The molecule has 3 heterocycles. The summed E-state index contributed by atoms with van der Waals surface area (Å²) < 4.78 is 30.4. The van der Waals surface area contributed by atoms with E-state index in [9.17, 15) is 9.18 Å². The Hall–Kier alpha value is -3.49. The molecule has 9 heteroatoms. The number of nitrogens with zero attached hydrogens (tertiary/aromatic N) is 4. The fourth-order valence-corrected chi connectivity index (χ4v) is 4.22. The van der Waals surface area contributed by atoms with Crippen LogP contribution in [0.25, 0.3) is 27.5 Å². The van der Waals surface area contributed by atoms with Crippen molar-refractivity contribution in [3.05, 3.63) is 42.0 Å². The van der Waals surface area contributed by atoms with E-state index in [1.165, 1.54) is 0 Å². The quantitative estimate of drug-likeness (QED) is 0.470. The Bertz CT molecular complexity index is 1340. The number of H-pyrrole nitrogens is 1. The van der Waals surface area contributed by atoms with Crippen molar-refractivity contribution in [2.45, 2.75) is 32.9 Å². The van der Waals surface area contributed by atoms with Crippen molar-refractivity contribution in [2.24, 2.45) is 5.92 Å². The number of alkyl halides is 1. The number of hydrogen-bond donors (Lipinski definition) is 2. The van der Waals surface area contributed by atoms with Gasteiger partial charge in [-0.15, -0.1) is 0 Å². The minimum absolute atomic E-state index is 0.254. The van der Waals surface area contributed by atoms with Gasteiger partial charge in [0, 0.05) is 31.2 Å². The van der Waals surface area contributed by atoms with Crippen molar-refractivity contribution in [2.75, 3.05) is 23.8 Å². The van der Waals surface area contributed by atoms with Crippen LogP contribution in [0.4, 0.5) is 20.3 Å². The molecule has 1 aromatic carbocycles. The summed E-state index contributed by atoms with van der Waals surface area (Å²) >= 11 is 0. The molecular weight excluding hydrogens is 414 g/mol. The average Bonchev–Trinajstić information content (AvgIpc) is 3.15. The first-order valence-electron chi connectivity index (χ1n) is 10.8. The topological polar surface area (TPSA) is 78.3 Å². The number of hydrogen-bond acceptors (Lipinski definition) is 4. The predicted molar refractivity (Wildman–Crippen MR) is 120 cm³/mol. The molecule has 1 saturated carbocycles. The van der Waals surface area contributed by atoms with Crippen LogP contribution in [0.2, 0.25) is 0 Å². The highest BCUT2D eigenvalue weighted by Gasteiger charge is 2.43. The van der Waals surface area contributed by atoms with E-state index in [0.29, 0.717) is 35.6 Å². The standard InChI is InChI=1S/C23H24F2N6O/c1-4-14-19(16-11-26-28-21(16)22(20(14)25)30(3)5-2)12-6-7-31-13(8-12)9-18(29-31)27-23(32)15-10-17(15)24/h6-9,11,15,17H,4-5,10H2,1-3H3,(H,26,28)(H,27,29,32). The molecule has 5 rings (SSSR count). The van der Waals surface area contributed by atoms with Gasteiger partial charge in [-0.1, -0.05) is 6.92 Å². The second-order valence-corrected chi connectivity index (χ2v) is 8.20. The lowest BCUT2D eigenvalue weighted by Crippen LogP contribution is -2.19. The van der Waals surface area contributed by atoms with Crippen LogP contribution in [0, 0.1) is 11.7 Å². The zero-order chi connectivity index (χ0) is 22.6. The molecule has 0 aliphatic heterocycles. The van der Waals surface area contributed by atoms with Gasteiger partial charge in [-0.2, -0.15) is 10.2 Å². The molecule has 32 heavy (non-hydrogen) atoms. The zero-order valence-electron chi connectivity index (χ0n) is 18.1. The van der Waals surface area contributed by atoms with E-state index >= 15 is 4.39 Å². The van der Waals surface area contributed by atoms with Crippen molar-refractivity contribution < 1.29 is 13.6 Å². The number of anilines is 2. The van der Waals surface area contributed by atoms with Gasteiger partial charge in [0.25, 0.3) is 0 Å². The molecule has 7 nitrogen and oxygen atoms in total. The van der Waals surface area contributed by atoms with E-state index in [2.05, 4.69) is 20.6 Å². The fourth-order valence-electron chi connectivity index (χ4n) is 4.22. The molecule has 0 radical (unpaired) electrons. The second kappa shape index (κ2) is 7.58. The van der Waals surface area contributed by atoms with Gasteiger partial charge >= 0.3 is 0 Å². The summed E-state index contributed by atoms with van der Waals surface area (Å²) in [6, 6.07) is 5.50. The molecule has 2 N–H and O–H groups in total. The van der Waals surface area contributed by atoms with Crippen LogP contribution in [-0.4, -0.2) is 45.5 Å². The first kappa shape index (κ1) is 20.4. The van der Waals surface area contributed by atoms with Crippen LogP contribution in [0.3, 0.4) is 0 Å². The summed E-state index contributed by atoms with van der Waals surface area (Å²) in [6.07, 6.45) is 3.22. The van der Waals surface area contributed by atoms with Crippen molar-refractivity contribution in [1.29, 1.82) is 0 Å². The molecule has 1 fully saturated rings. The lowest BCUT2D eigenvalue weighted by molar-refractivity contribution is -0.117. The lowest BCUT2D eigenvalue weighted by atomic mass is 9.93. The molecule has 0 bridgehead atoms. The highest BCUT2D eigenvalue weighted by Crippen LogP contribution is 2.40. The first-order chi connectivity index (χ1) is 15.4. The summed E-state index contributed by atoms with van der Waals surface area (Å²) in [4.78, 5) is 13.9. The van der Waals surface area contributed by atoms with Gasteiger partial charge in [0.15, 0.2) is 11.6 Å². The molecule has 1 aliphatic rings. The average molecular weight is 438 g/mol. The first-order valence-corrected chi connectivity index (χ1v) is 10.8. The van der Waals surface area contributed by atoms with Crippen molar-refractivity contribution in [3.8, 4) is 11.1 Å². The Morgan fingerprint density at radius 1 is 1.38 bits per heavy atom. The third kappa shape index (κ3) is 3.19. The summed E-state index contributed by atoms with van der Waals surface area (Å²) in [5, 5.41) is 15.0. The van der Waals surface area contributed by atoms with E-state index in [0.717, 1.165) is 22.0 Å². The maximum absolute atomic E-state index is 15.7. The van der Waals surface area contributed by atoms with Crippen LogP contribution in [0.1, 0.15) is 25.8 Å². The van der Waals surface area contributed by atoms with Crippen LogP contribution in [0.15, 0.2) is 30.6 Å². The highest BCUT2D eigenvalue weighted by molar-refractivity contribution is 6.03. The second-order valence-electron chi connectivity index (χ2n) is 8.20. The number of halogens is 2. The molecule has 3 aromatic heterocycles. The number of pyridine rings is 1. The fraction of sp³-hybridized carbons (Fsp3) is 0.348. The van der Waals surface area contributed by atoms with Gasteiger partial charge in [-0.05, 0) is 48.6 Å². The van der Waals surface area contributed by atoms with Crippen LogP contribution < -0.4 is 10.2 Å². The van der Waals surface area contributed by atoms with Crippen LogP contribution in [-0.2, 0) is 11.2 Å². The number of amides is 1. The molecule has 1 aliphatic carbocycles. The van der Waals surface area contributed by atoms with E-state index < -0.39 is 12.1 Å². The normalized spacial score (nSPS) is 17.8. The van der Waals surface area contributed by atoms with E-state index in [1.54, 1.807) is 23.0 Å². The Balaban J connectivity index is 1.61. The van der Waals surface area contributed by atoms with Gasteiger partial charge < -0.3 is 10.2 Å². The van der Waals surface area contributed by atoms with Gasteiger partial charge in [0.05, 0.1) is 28.8 Å². The summed E-state index contributed by atoms with van der Waals surface area (Å²) in [7, 11) is 1.86. The Morgan fingerprint density at radius 2 is 2.16 bits per heavy atom. The predicted octanol–water partition coefficient (Wildman–Crippen LogP) is 4.33. The Morgan fingerprint density at radius 3 is 2.84 bits per heavy atom. The third-order valence-corrected chi connectivity index (χ3v) is 6.18. The van der Waals surface area contributed by atoms with Gasteiger partial charge in [-0.25, -0.2) is 13.3 Å². The number of fused-ring (bicyclic) bond motifs is 2. The summed E-state index contributed by atoms with van der Waals surface area (Å²) in [5.41, 5.74) is 4.14. The van der Waals surface area contributed by atoms with E-state index in [4.69, 9.17) is 0 Å². The maximum atomic E-state index is 15.7. The minimum atomic E-state index is -1.06. The highest BCUT2D eigenvalue weighted by atomic mass is 19.1. The number of nitrogens with one attached hydrogen (secondary N) is 2. The minimum Gasteiger partial charge on any atom is -0.371 e. The monoisotopic (exact) mass is 438 g/mol. The van der Waals surface area contributed by atoms with Gasteiger partial charge in [-0.3, -0.25) is 9.89 Å². The largest absolute Gasteiger partial charge is 0.371 e. The Labute approximate surface area is 183 Å². The molecule has 1 amide bonds. The van der Waals surface area contributed by atoms with Crippen LogP contribution in [0.5, 0.6) is 0 Å². The number of benzene rings is 1. The van der Waals surface area contributed by atoms with Crippen molar-refractivity contribution in [3.63, 3.8) is 0 Å². The van der Waals surface area contributed by atoms with Gasteiger partial charge in [0.2, 0.25) is 5.91 Å². The number of aromatic nitrogens is 4. The molecule has 166 valence electrons. The zero-order valence-corrected chi connectivity index (χ0v) is 18.1. The van der Waals surface area contributed by atoms with Crippen molar-refractivity contribution in [1.82, 2.24) is 19.8 Å².